The van der Waals surface area contributed by atoms with Crippen molar-refractivity contribution in [2.45, 2.75) is 51.0 Å². The minimum absolute atomic E-state index is 0.560. The normalized spacial score (nSPS) is 45.5. The standard InChI is InChI=1S/C12H21N/c13-12(9-3-4-9)7-11-6-8-1-2-10(11)5-8/h8-12H,1-7,13H2. The minimum atomic E-state index is 0.560. The fourth-order valence-corrected chi connectivity index (χ4v) is 3.73. The van der Waals surface area contributed by atoms with Gasteiger partial charge in [-0.05, 0) is 62.2 Å². The van der Waals surface area contributed by atoms with Crippen LogP contribution < -0.4 is 5.73 Å². The molecule has 0 aromatic heterocycles. The van der Waals surface area contributed by atoms with Gasteiger partial charge in [-0.2, -0.15) is 0 Å². The Balaban J connectivity index is 1.55. The summed E-state index contributed by atoms with van der Waals surface area (Å²) in [5.74, 6) is 4.12. The van der Waals surface area contributed by atoms with E-state index in [4.69, 9.17) is 5.73 Å². The molecule has 3 rings (SSSR count). The first kappa shape index (κ1) is 8.28. The molecule has 1 heteroatoms. The van der Waals surface area contributed by atoms with Gasteiger partial charge in [-0.25, -0.2) is 0 Å². The van der Waals surface area contributed by atoms with Crippen molar-refractivity contribution >= 4 is 0 Å². The lowest BCUT2D eigenvalue weighted by Crippen LogP contribution is -2.27. The monoisotopic (exact) mass is 179 g/mol. The Morgan fingerprint density at radius 3 is 2.46 bits per heavy atom. The molecule has 0 aromatic carbocycles. The first-order chi connectivity index (χ1) is 6.33. The van der Waals surface area contributed by atoms with Crippen molar-refractivity contribution in [3.8, 4) is 0 Å². The van der Waals surface area contributed by atoms with Crippen molar-refractivity contribution in [1.82, 2.24) is 0 Å². The predicted molar refractivity (Wildman–Crippen MR) is 54.3 cm³/mol. The molecule has 2 N–H and O–H groups in total. The Morgan fingerprint density at radius 2 is 1.92 bits per heavy atom. The van der Waals surface area contributed by atoms with E-state index in [0.717, 1.165) is 23.7 Å². The average Bonchev–Trinajstić information content (AvgIpc) is 2.79. The molecule has 0 aliphatic heterocycles. The van der Waals surface area contributed by atoms with Crippen molar-refractivity contribution in [2.24, 2.45) is 29.4 Å². The Morgan fingerprint density at radius 1 is 1.08 bits per heavy atom. The third kappa shape index (κ3) is 1.52. The van der Waals surface area contributed by atoms with E-state index in [-0.39, 0.29) is 0 Å². The second kappa shape index (κ2) is 2.98. The molecule has 3 saturated carbocycles. The summed E-state index contributed by atoms with van der Waals surface area (Å²) < 4.78 is 0. The highest BCUT2D eigenvalue weighted by Crippen LogP contribution is 2.50. The van der Waals surface area contributed by atoms with Gasteiger partial charge in [0.05, 0.1) is 0 Å². The molecule has 3 aliphatic rings. The molecular weight excluding hydrogens is 158 g/mol. The summed E-state index contributed by atoms with van der Waals surface area (Å²) in [7, 11) is 0. The highest BCUT2D eigenvalue weighted by Gasteiger charge is 2.41. The van der Waals surface area contributed by atoms with Crippen LogP contribution in [0.25, 0.3) is 0 Å². The number of nitrogens with two attached hydrogens (primary N) is 1. The van der Waals surface area contributed by atoms with E-state index in [0.29, 0.717) is 6.04 Å². The Kier molecular flexibility index (Phi) is 1.90. The zero-order valence-electron chi connectivity index (χ0n) is 8.41. The molecule has 4 unspecified atom stereocenters. The van der Waals surface area contributed by atoms with E-state index in [1.165, 1.54) is 38.5 Å². The fraction of sp³-hybridized carbons (Fsp3) is 1.00. The van der Waals surface area contributed by atoms with Crippen LogP contribution in [0, 0.1) is 23.7 Å². The van der Waals surface area contributed by atoms with Crippen LogP contribution in [-0.2, 0) is 0 Å². The quantitative estimate of drug-likeness (QED) is 0.708. The van der Waals surface area contributed by atoms with Crippen molar-refractivity contribution in [3.05, 3.63) is 0 Å². The van der Waals surface area contributed by atoms with Gasteiger partial charge < -0.3 is 5.73 Å². The van der Waals surface area contributed by atoms with Crippen LogP contribution in [0.3, 0.4) is 0 Å². The maximum Gasteiger partial charge on any atom is 0.00699 e. The molecule has 4 atom stereocenters. The highest BCUT2D eigenvalue weighted by atomic mass is 14.7. The van der Waals surface area contributed by atoms with Crippen LogP contribution in [0.15, 0.2) is 0 Å². The van der Waals surface area contributed by atoms with Crippen molar-refractivity contribution in [3.63, 3.8) is 0 Å². The Hall–Kier alpha value is -0.0400. The summed E-state index contributed by atoms with van der Waals surface area (Å²) in [6.07, 6.45) is 10.3. The summed E-state index contributed by atoms with van der Waals surface area (Å²) in [5, 5.41) is 0. The van der Waals surface area contributed by atoms with Gasteiger partial charge >= 0.3 is 0 Å². The molecule has 0 spiro atoms. The zero-order chi connectivity index (χ0) is 8.84. The minimum Gasteiger partial charge on any atom is -0.327 e. The van der Waals surface area contributed by atoms with Gasteiger partial charge in [-0.3, -0.25) is 0 Å². The van der Waals surface area contributed by atoms with E-state index < -0.39 is 0 Å². The largest absolute Gasteiger partial charge is 0.327 e. The van der Waals surface area contributed by atoms with Gasteiger partial charge in [0.2, 0.25) is 0 Å². The first-order valence-electron chi connectivity index (χ1n) is 6.08. The lowest BCUT2D eigenvalue weighted by atomic mass is 9.83. The number of rotatable bonds is 3. The van der Waals surface area contributed by atoms with Crippen LogP contribution in [0.2, 0.25) is 0 Å². The third-order valence-electron chi connectivity index (χ3n) is 4.69. The van der Waals surface area contributed by atoms with E-state index in [1.54, 1.807) is 6.42 Å². The second-order valence-corrected chi connectivity index (χ2v) is 5.67. The average molecular weight is 179 g/mol. The molecule has 0 saturated heterocycles. The fourth-order valence-electron chi connectivity index (χ4n) is 3.73. The maximum atomic E-state index is 6.19. The summed E-state index contributed by atoms with van der Waals surface area (Å²) in [6.45, 7) is 0. The Bertz CT molecular complexity index is 197. The van der Waals surface area contributed by atoms with Crippen LogP contribution in [0.4, 0.5) is 0 Å². The number of hydrogen-bond donors (Lipinski definition) is 1. The molecular formula is C12H21N. The molecule has 0 amide bonds. The maximum absolute atomic E-state index is 6.19. The molecule has 0 aromatic rings. The summed E-state index contributed by atoms with van der Waals surface area (Å²) in [6, 6.07) is 0.560. The molecule has 1 nitrogen and oxygen atoms in total. The third-order valence-corrected chi connectivity index (χ3v) is 4.69. The van der Waals surface area contributed by atoms with Gasteiger partial charge in [0.1, 0.15) is 0 Å². The lowest BCUT2D eigenvalue weighted by molar-refractivity contribution is 0.286. The molecule has 3 fully saturated rings. The topological polar surface area (TPSA) is 26.0 Å². The summed E-state index contributed by atoms with van der Waals surface area (Å²) in [4.78, 5) is 0. The van der Waals surface area contributed by atoms with E-state index >= 15 is 0 Å². The van der Waals surface area contributed by atoms with E-state index in [9.17, 15) is 0 Å². The second-order valence-electron chi connectivity index (χ2n) is 5.67. The zero-order valence-corrected chi connectivity index (χ0v) is 8.41. The van der Waals surface area contributed by atoms with Crippen molar-refractivity contribution < 1.29 is 0 Å². The van der Waals surface area contributed by atoms with Gasteiger partial charge in [-0.1, -0.05) is 6.42 Å². The number of hydrogen-bond acceptors (Lipinski definition) is 1. The van der Waals surface area contributed by atoms with Gasteiger partial charge in [0, 0.05) is 6.04 Å². The lowest BCUT2D eigenvalue weighted by Gasteiger charge is -2.24. The van der Waals surface area contributed by atoms with Crippen LogP contribution >= 0.6 is 0 Å². The number of fused-ring (bicyclic) bond motifs is 2. The molecule has 13 heavy (non-hydrogen) atoms. The molecule has 3 aliphatic carbocycles. The Labute approximate surface area is 81.1 Å². The summed E-state index contributed by atoms with van der Waals surface area (Å²) in [5.41, 5.74) is 6.19. The molecule has 0 radical (unpaired) electrons. The van der Waals surface area contributed by atoms with Crippen LogP contribution in [0.1, 0.15) is 44.9 Å². The SMILES string of the molecule is NC(CC1CC2CCC1C2)C1CC1. The summed E-state index contributed by atoms with van der Waals surface area (Å²) >= 11 is 0. The van der Waals surface area contributed by atoms with Crippen molar-refractivity contribution in [1.29, 1.82) is 0 Å². The van der Waals surface area contributed by atoms with Crippen LogP contribution in [-0.4, -0.2) is 6.04 Å². The van der Waals surface area contributed by atoms with Gasteiger partial charge in [-0.15, -0.1) is 0 Å². The van der Waals surface area contributed by atoms with Gasteiger partial charge in [0.15, 0.2) is 0 Å². The van der Waals surface area contributed by atoms with Crippen molar-refractivity contribution in [2.75, 3.05) is 0 Å². The molecule has 0 heterocycles. The predicted octanol–water partition coefficient (Wildman–Crippen LogP) is 2.55. The highest BCUT2D eigenvalue weighted by molar-refractivity contribution is 4.94. The van der Waals surface area contributed by atoms with Crippen LogP contribution in [0.5, 0.6) is 0 Å². The van der Waals surface area contributed by atoms with E-state index in [1.807, 2.05) is 0 Å². The van der Waals surface area contributed by atoms with Gasteiger partial charge in [0.25, 0.3) is 0 Å². The van der Waals surface area contributed by atoms with E-state index in [2.05, 4.69) is 0 Å². The molecule has 2 bridgehead atoms. The smallest absolute Gasteiger partial charge is 0.00699 e. The molecule has 74 valence electrons. The first-order valence-corrected chi connectivity index (χ1v) is 6.08.